The second kappa shape index (κ2) is 7.75. The number of piperazine rings is 1. The van der Waals surface area contributed by atoms with Gasteiger partial charge in [0, 0.05) is 36.7 Å². The van der Waals surface area contributed by atoms with E-state index >= 15 is 0 Å². The molecule has 1 atom stereocenters. The van der Waals surface area contributed by atoms with Crippen LogP contribution in [0.5, 0.6) is 0 Å². The first-order valence-electron chi connectivity index (χ1n) is 8.77. The molecular weight excluding hydrogens is 381 g/mol. The van der Waals surface area contributed by atoms with Crippen LogP contribution in [0.25, 0.3) is 0 Å². The quantitative estimate of drug-likeness (QED) is 0.762. The third kappa shape index (κ3) is 4.33. The summed E-state index contributed by atoms with van der Waals surface area (Å²) in [4.78, 5) is 2.38. The van der Waals surface area contributed by atoms with Crippen molar-refractivity contribution in [1.82, 2.24) is 10.2 Å². The van der Waals surface area contributed by atoms with Crippen molar-refractivity contribution >= 4 is 15.9 Å². The Morgan fingerprint density at radius 2 is 1.71 bits per heavy atom. The van der Waals surface area contributed by atoms with Crippen LogP contribution in [0.4, 0.5) is 13.2 Å². The predicted octanol–water partition coefficient (Wildman–Crippen LogP) is 4.99. The van der Waals surface area contributed by atoms with Gasteiger partial charge in [-0.25, -0.2) is 0 Å². The van der Waals surface area contributed by atoms with Crippen molar-refractivity contribution in [2.75, 3.05) is 26.2 Å². The van der Waals surface area contributed by atoms with Crippen LogP contribution in [0, 0.1) is 5.92 Å². The van der Waals surface area contributed by atoms with Crippen LogP contribution in [-0.4, -0.2) is 31.1 Å². The number of hydrogen-bond donors (Lipinski definition) is 1. The first-order valence-corrected chi connectivity index (χ1v) is 9.57. The van der Waals surface area contributed by atoms with Crippen LogP contribution in [0.1, 0.15) is 49.3 Å². The van der Waals surface area contributed by atoms with E-state index in [0.717, 1.165) is 44.6 Å². The van der Waals surface area contributed by atoms with E-state index in [0.29, 0.717) is 10.4 Å². The first-order chi connectivity index (χ1) is 11.4. The van der Waals surface area contributed by atoms with Crippen LogP contribution in [0.2, 0.25) is 0 Å². The third-order valence-corrected chi connectivity index (χ3v) is 5.69. The standard InChI is InChI=1S/C18H24BrF3N2/c19-16-11-14(10-15(12-16)18(20,21)22)17(13-4-2-1-3-5-13)24-8-6-23-7-9-24/h10-13,17,23H,1-9H2/t17-/m1/s1. The Kier molecular flexibility index (Phi) is 5.88. The summed E-state index contributed by atoms with van der Waals surface area (Å²) in [7, 11) is 0. The van der Waals surface area contributed by atoms with Crippen LogP contribution < -0.4 is 5.32 Å². The van der Waals surface area contributed by atoms with Gasteiger partial charge in [0.2, 0.25) is 0 Å². The second-order valence-electron chi connectivity index (χ2n) is 6.90. The molecule has 0 unspecified atom stereocenters. The molecule has 2 aliphatic rings. The van der Waals surface area contributed by atoms with Crippen molar-refractivity contribution in [1.29, 1.82) is 0 Å². The minimum Gasteiger partial charge on any atom is -0.314 e. The van der Waals surface area contributed by atoms with Gasteiger partial charge in [-0.2, -0.15) is 13.2 Å². The average molecular weight is 405 g/mol. The molecular formula is C18H24BrF3N2. The number of hydrogen-bond acceptors (Lipinski definition) is 2. The molecule has 0 radical (unpaired) electrons. The highest BCUT2D eigenvalue weighted by Crippen LogP contribution is 2.41. The van der Waals surface area contributed by atoms with Gasteiger partial charge in [-0.3, -0.25) is 4.90 Å². The molecule has 1 aliphatic carbocycles. The molecule has 1 heterocycles. The molecule has 0 amide bonds. The molecule has 6 heteroatoms. The molecule has 0 spiro atoms. The predicted molar refractivity (Wildman–Crippen MR) is 92.9 cm³/mol. The van der Waals surface area contributed by atoms with Gasteiger partial charge in [0.05, 0.1) is 5.56 Å². The zero-order chi connectivity index (χ0) is 17.2. The Morgan fingerprint density at radius 3 is 2.33 bits per heavy atom. The summed E-state index contributed by atoms with van der Waals surface area (Å²) in [6.45, 7) is 3.61. The van der Waals surface area contributed by atoms with Crippen LogP contribution >= 0.6 is 15.9 Å². The fraction of sp³-hybridized carbons (Fsp3) is 0.667. The van der Waals surface area contributed by atoms with Crippen LogP contribution in [-0.2, 0) is 6.18 Å². The summed E-state index contributed by atoms with van der Waals surface area (Å²) in [6.07, 6.45) is 1.54. The highest BCUT2D eigenvalue weighted by molar-refractivity contribution is 9.10. The number of halogens is 4. The Bertz CT molecular complexity index is 532. The third-order valence-electron chi connectivity index (χ3n) is 5.23. The zero-order valence-electron chi connectivity index (χ0n) is 13.7. The highest BCUT2D eigenvalue weighted by atomic mass is 79.9. The maximum absolute atomic E-state index is 13.3. The number of benzene rings is 1. The Hall–Kier alpha value is -0.590. The van der Waals surface area contributed by atoms with Crippen molar-refractivity contribution in [3.05, 3.63) is 33.8 Å². The minimum atomic E-state index is -4.31. The number of rotatable bonds is 3. The molecule has 1 saturated carbocycles. The summed E-state index contributed by atoms with van der Waals surface area (Å²) < 4.78 is 40.3. The SMILES string of the molecule is FC(F)(F)c1cc(Br)cc([C@@H](C2CCCCC2)N2CCNCC2)c1. The van der Waals surface area contributed by atoms with Gasteiger partial charge >= 0.3 is 6.18 Å². The molecule has 0 aromatic heterocycles. The highest BCUT2D eigenvalue weighted by Gasteiger charge is 2.35. The normalized spacial score (nSPS) is 22.5. The second-order valence-corrected chi connectivity index (χ2v) is 7.82. The van der Waals surface area contributed by atoms with Gasteiger partial charge in [-0.15, -0.1) is 0 Å². The van der Waals surface area contributed by atoms with Crippen molar-refractivity contribution < 1.29 is 13.2 Å². The van der Waals surface area contributed by atoms with E-state index < -0.39 is 11.7 Å². The average Bonchev–Trinajstić information content (AvgIpc) is 2.56. The van der Waals surface area contributed by atoms with E-state index in [1.165, 1.54) is 31.4 Å². The molecule has 2 fully saturated rings. The smallest absolute Gasteiger partial charge is 0.314 e. The van der Waals surface area contributed by atoms with E-state index in [1.807, 2.05) is 6.07 Å². The van der Waals surface area contributed by atoms with Gasteiger partial charge in [0.15, 0.2) is 0 Å². The van der Waals surface area contributed by atoms with Crippen molar-refractivity contribution in [2.24, 2.45) is 5.92 Å². The van der Waals surface area contributed by atoms with E-state index in [1.54, 1.807) is 0 Å². The first kappa shape index (κ1) is 18.2. The summed E-state index contributed by atoms with van der Waals surface area (Å²) in [5.74, 6) is 0.451. The van der Waals surface area contributed by atoms with E-state index in [-0.39, 0.29) is 6.04 Å². The largest absolute Gasteiger partial charge is 0.416 e. The zero-order valence-corrected chi connectivity index (χ0v) is 15.3. The van der Waals surface area contributed by atoms with E-state index in [2.05, 4.69) is 26.1 Å². The van der Waals surface area contributed by atoms with Crippen molar-refractivity contribution in [2.45, 2.75) is 44.3 Å². The monoisotopic (exact) mass is 404 g/mol. The van der Waals surface area contributed by atoms with Crippen molar-refractivity contribution in [3.8, 4) is 0 Å². The Morgan fingerprint density at radius 1 is 1.04 bits per heavy atom. The molecule has 1 aromatic carbocycles. The number of nitrogens with zero attached hydrogens (tertiary/aromatic N) is 1. The molecule has 134 valence electrons. The van der Waals surface area contributed by atoms with Gasteiger partial charge in [0.1, 0.15) is 0 Å². The Balaban J connectivity index is 1.96. The fourth-order valence-corrected chi connectivity index (χ4v) is 4.65. The van der Waals surface area contributed by atoms with Gasteiger partial charge in [-0.1, -0.05) is 35.2 Å². The van der Waals surface area contributed by atoms with Crippen LogP contribution in [0.15, 0.2) is 22.7 Å². The van der Waals surface area contributed by atoms with E-state index in [4.69, 9.17) is 0 Å². The Labute approximate surface area is 149 Å². The summed E-state index contributed by atoms with van der Waals surface area (Å²) in [5, 5.41) is 3.34. The molecule has 1 saturated heterocycles. The molecule has 24 heavy (non-hydrogen) atoms. The summed E-state index contributed by atoms with van der Waals surface area (Å²) >= 11 is 3.29. The molecule has 2 nitrogen and oxygen atoms in total. The topological polar surface area (TPSA) is 15.3 Å². The van der Waals surface area contributed by atoms with Gasteiger partial charge in [0.25, 0.3) is 0 Å². The lowest BCUT2D eigenvalue weighted by atomic mass is 9.80. The molecule has 0 bridgehead atoms. The molecule has 3 rings (SSSR count). The van der Waals surface area contributed by atoms with E-state index in [9.17, 15) is 13.2 Å². The maximum Gasteiger partial charge on any atom is 0.416 e. The molecule has 1 aliphatic heterocycles. The molecule has 1 N–H and O–H groups in total. The van der Waals surface area contributed by atoms with Crippen LogP contribution in [0.3, 0.4) is 0 Å². The lowest BCUT2D eigenvalue weighted by Gasteiger charge is -2.41. The van der Waals surface area contributed by atoms with Crippen molar-refractivity contribution in [3.63, 3.8) is 0 Å². The van der Waals surface area contributed by atoms with Gasteiger partial charge < -0.3 is 5.32 Å². The lowest BCUT2D eigenvalue weighted by molar-refractivity contribution is -0.137. The molecule has 1 aromatic rings. The summed E-state index contributed by atoms with van der Waals surface area (Å²) in [6, 6.07) is 4.52. The minimum absolute atomic E-state index is 0.0889. The maximum atomic E-state index is 13.3. The number of alkyl halides is 3. The lowest BCUT2D eigenvalue weighted by Crippen LogP contribution is -2.47. The fourth-order valence-electron chi connectivity index (χ4n) is 4.14. The van der Waals surface area contributed by atoms with Gasteiger partial charge in [-0.05, 0) is 42.5 Å². The summed E-state index contributed by atoms with van der Waals surface area (Å²) in [5.41, 5.74) is 0.258. The number of nitrogens with one attached hydrogen (secondary N) is 1.